The van der Waals surface area contributed by atoms with Gasteiger partial charge in [-0.3, -0.25) is 4.98 Å². The van der Waals surface area contributed by atoms with Crippen LogP contribution in [-0.4, -0.2) is 12.1 Å². The Bertz CT molecular complexity index is 1250. The molecule has 4 aromatic rings. The lowest BCUT2D eigenvalue weighted by Gasteiger charge is -2.15. The molecule has 1 heterocycles. The first-order chi connectivity index (χ1) is 15.9. The highest BCUT2D eigenvalue weighted by Gasteiger charge is 2.34. The molecule has 0 unspecified atom stereocenters. The second-order valence-electron chi connectivity index (χ2n) is 7.55. The molecule has 0 saturated carbocycles. The Morgan fingerprint density at radius 3 is 2.24 bits per heavy atom. The number of hydrogen-bond acceptors (Lipinski definition) is 3. The minimum Gasteiger partial charge on any atom is -0.496 e. The number of methoxy groups -OCH3 is 1. The van der Waals surface area contributed by atoms with Crippen LogP contribution in [0, 0.1) is 6.92 Å². The molecule has 0 amide bonds. The first-order valence-corrected chi connectivity index (χ1v) is 10.3. The molecule has 0 N–H and O–H groups in total. The zero-order valence-electron chi connectivity index (χ0n) is 18.2. The van der Waals surface area contributed by atoms with Gasteiger partial charge in [-0.2, -0.15) is 13.2 Å². The fourth-order valence-electron chi connectivity index (χ4n) is 3.63. The monoisotopic (exact) mass is 449 g/mol. The van der Waals surface area contributed by atoms with E-state index in [1.54, 1.807) is 18.3 Å². The van der Waals surface area contributed by atoms with Crippen molar-refractivity contribution >= 4 is 0 Å². The molecular weight excluding hydrogens is 427 g/mol. The Morgan fingerprint density at radius 1 is 0.818 bits per heavy atom. The van der Waals surface area contributed by atoms with Crippen LogP contribution in [0.25, 0.3) is 22.4 Å². The fraction of sp³-hybridized carbons (Fsp3) is 0.148. The van der Waals surface area contributed by atoms with Gasteiger partial charge in [0, 0.05) is 11.8 Å². The summed E-state index contributed by atoms with van der Waals surface area (Å²) in [5.74, 6) is 0.518. The number of alkyl halides is 3. The smallest absolute Gasteiger partial charge is 0.419 e. The van der Waals surface area contributed by atoms with E-state index in [4.69, 9.17) is 9.47 Å². The summed E-state index contributed by atoms with van der Waals surface area (Å²) >= 11 is 0. The first-order valence-electron chi connectivity index (χ1n) is 10.3. The van der Waals surface area contributed by atoms with Gasteiger partial charge < -0.3 is 9.47 Å². The molecule has 0 aliphatic carbocycles. The Kier molecular flexibility index (Phi) is 6.36. The van der Waals surface area contributed by atoms with Crippen LogP contribution in [0.2, 0.25) is 0 Å². The van der Waals surface area contributed by atoms with Gasteiger partial charge in [-0.15, -0.1) is 0 Å². The first kappa shape index (κ1) is 22.4. The second kappa shape index (κ2) is 9.36. The third kappa shape index (κ3) is 5.00. The quantitative estimate of drug-likeness (QED) is 0.309. The summed E-state index contributed by atoms with van der Waals surface area (Å²) in [6, 6.07) is 23.0. The molecule has 0 aliphatic heterocycles. The summed E-state index contributed by atoms with van der Waals surface area (Å²) < 4.78 is 51.1. The molecule has 3 aromatic carbocycles. The standard InChI is InChI=1S/C27H22F3NO2/c1-18-15-19(20-12-13-26(32-2)23(16-20)27(28,29)30)10-11-21(18)17-33-25-9-4-3-7-22(25)24-8-5-6-14-31-24/h3-16H,17H2,1-2H3. The van der Waals surface area contributed by atoms with Crippen LogP contribution < -0.4 is 9.47 Å². The van der Waals surface area contributed by atoms with Crippen molar-refractivity contribution in [2.24, 2.45) is 0 Å². The predicted octanol–water partition coefficient (Wildman–Crippen LogP) is 7.33. The van der Waals surface area contributed by atoms with Gasteiger partial charge in [0.05, 0.1) is 18.4 Å². The summed E-state index contributed by atoms with van der Waals surface area (Å²) in [7, 11) is 1.23. The number of halogens is 3. The molecule has 0 fully saturated rings. The molecule has 4 rings (SSSR count). The van der Waals surface area contributed by atoms with E-state index in [-0.39, 0.29) is 5.75 Å². The maximum atomic E-state index is 13.4. The number of para-hydroxylation sites is 1. The van der Waals surface area contributed by atoms with Crippen molar-refractivity contribution in [2.45, 2.75) is 19.7 Å². The number of benzene rings is 3. The fourth-order valence-corrected chi connectivity index (χ4v) is 3.63. The van der Waals surface area contributed by atoms with E-state index in [1.165, 1.54) is 13.2 Å². The van der Waals surface area contributed by atoms with E-state index in [9.17, 15) is 13.2 Å². The molecule has 0 atom stereocenters. The average Bonchev–Trinajstić information content (AvgIpc) is 2.83. The van der Waals surface area contributed by atoms with Gasteiger partial charge in [-0.1, -0.05) is 42.5 Å². The lowest BCUT2D eigenvalue weighted by molar-refractivity contribution is -0.138. The SMILES string of the molecule is COc1ccc(-c2ccc(COc3ccccc3-c3ccccn3)c(C)c2)cc1C(F)(F)F. The van der Waals surface area contributed by atoms with Gasteiger partial charge in [0.25, 0.3) is 0 Å². The van der Waals surface area contributed by atoms with Crippen molar-refractivity contribution in [2.75, 3.05) is 7.11 Å². The lowest BCUT2D eigenvalue weighted by Crippen LogP contribution is -2.07. The summed E-state index contributed by atoms with van der Waals surface area (Å²) in [4.78, 5) is 4.39. The maximum absolute atomic E-state index is 13.4. The van der Waals surface area contributed by atoms with Gasteiger partial charge in [0.2, 0.25) is 0 Å². The number of aryl methyl sites for hydroxylation is 1. The molecule has 1 aromatic heterocycles. The van der Waals surface area contributed by atoms with Crippen molar-refractivity contribution in [1.82, 2.24) is 4.98 Å². The van der Waals surface area contributed by atoms with E-state index in [1.807, 2.05) is 61.5 Å². The number of pyridine rings is 1. The minimum absolute atomic E-state index is 0.195. The average molecular weight is 449 g/mol. The molecule has 0 radical (unpaired) electrons. The third-order valence-electron chi connectivity index (χ3n) is 5.39. The molecule has 6 heteroatoms. The van der Waals surface area contributed by atoms with Crippen molar-refractivity contribution < 1.29 is 22.6 Å². The summed E-state index contributed by atoms with van der Waals surface area (Å²) in [5, 5.41) is 0. The number of hydrogen-bond donors (Lipinski definition) is 0. The molecule has 0 aliphatic rings. The number of rotatable bonds is 6. The molecule has 3 nitrogen and oxygen atoms in total. The van der Waals surface area contributed by atoms with Crippen molar-refractivity contribution in [3.63, 3.8) is 0 Å². The van der Waals surface area contributed by atoms with E-state index >= 15 is 0 Å². The zero-order valence-corrected chi connectivity index (χ0v) is 18.2. The molecule has 0 spiro atoms. The van der Waals surface area contributed by atoms with E-state index in [0.29, 0.717) is 23.5 Å². The number of ether oxygens (including phenoxy) is 2. The maximum Gasteiger partial charge on any atom is 0.419 e. The summed E-state index contributed by atoms with van der Waals surface area (Å²) in [6.07, 6.45) is -2.76. The van der Waals surface area contributed by atoms with Crippen LogP contribution >= 0.6 is 0 Å². The molecule has 168 valence electrons. The highest BCUT2D eigenvalue weighted by atomic mass is 19.4. The molecular formula is C27H22F3NO2. The van der Waals surface area contributed by atoms with Crippen LogP contribution in [0.4, 0.5) is 13.2 Å². The Labute approximate surface area is 190 Å². The predicted molar refractivity (Wildman–Crippen MR) is 122 cm³/mol. The van der Waals surface area contributed by atoms with E-state index in [2.05, 4.69) is 4.98 Å². The Hall–Kier alpha value is -3.80. The van der Waals surface area contributed by atoms with Crippen molar-refractivity contribution in [3.8, 4) is 33.9 Å². The molecule has 33 heavy (non-hydrogen) atoms. The zero-order chi connectivity index (χ0) is 23.4. The largest absolute Gasteiger partial charge is 0.496 e. The van der Waals surface area contributed by atoms with Crippen LogP contribution in [0.3, 0.4) is 0 Å². The highest BCUT2D eigenvalue weighted by molar-refractivity contribution is 5.68. The lowest BCUT2D eigenvalue weighted by atomic mass is 9.98. The van der Waals surface area contributed by atoms with Gasteiger partial charge >= 0.3 is 6.18 Å². The summed E-state index contributed by atoms with van der Waals surface area (Å²) in [5.41, 5.74) is 3.95. The second-order valence-corrected chi connectivity index (χ2v) is 7.55. The van der Waals surface area contributed by atoms with Crippen LogP contribution in [0.15, 0.2) is 85.1 Å². The van der Waals surface area contributed by atoms with Crippen molar-refractivity contribution in [1.29, 1.82) is 0 Å². The van der Waals surface area contributed by atoms with Crippen LogP contribution in [0.1, 0.15) is 16.7 Å². The molecule has 0 saturated heterocycles. The number of nitrogens with zero attached hydrogens (tertiary/aromatic N) is 1. The van der Waals surface area contributed by atoms with Crippen LogP contribution in [0.5, 0.6) is 11.5 Å². The normalized spacial score (nSPS) is 11.3. The van der Waals surface area contributed by atoms with E-state index < -0.39 is 11.7 Å². The number of aromatic nitrogens is 1. The topological polar surface area (TPSA) is 31.4 Å². The highest BCUT2D eigenvalue weighted by Crippen LogP contribution is 2.39. The Morgan fingerprint density at radius 2 is 1.55 bits per heavy atom. The Balaban J connectivity index is 1.57. The van der Waals surface area contributed by atoms with Gasteiger partial charge in [0.15, 0.2) is 0 Å². The minimum atomic E-state index is -4.49. The van der Waals surface area contributed by atoms with Gasteiger partial charge in [-0.05, 0) is 65.6 Å². The molecule has 0 bridgehead atoms. The van der Waals surface area contributed by atoms with E-state index in [0.717, 1.165) is 28.5 Å². The summed E-state index contributed by atoms with van der Waals surface area (Å²) in [6.45, 7) is 2.24. The van der Waals surface area contributed by atoms with Gasteiger partial charge in [0.1, 0.15) is 18.1 Å². The van der Waals surface area contributed by atoms with Crippen molar-refractivity contribution in [3.05, 3.63) is 102 Å². The third-order valence-corrected chi connectivity index (χ3v) is 5.39. The van der Waals surface area contributed by atoms with Gasteiger partial charge in [-0.25, -0.2) is 0 Å². The van der Waals surface area contributed by atoms with Crippen LogP contribution in [-0.2, 0) is 12.8 Å².